The Balaban J connectivity index is 1.42. The number of esters is 1. The number of nitrogens with zero attached hydrogens (tertiary/aromatic N) is 1. The molecule has 1 heterocycles. The standard InChI is InChI=1S/C24H21FN2O5S/c25-21-10-3-4-11-22(21)26-23(28)16-32-24(29)18-8-5-9-20(14-18)33(30,31)27-13-12-17-6-1-2-7-19(17)15-27/h1-11,14H,12-13,15-16H2,(H,26,28). The molecule has 4 rings (SSSR count). The molecule has 33 heavy (non-hydrogen) atoms. The van der Waals surface area contributed by atoms with E-state index in [9.17, 15) is 22.4 Å². The number of hydrogen-bond acceptors (Lipinski definition) is 5. The lowest BCUT2D eigenvalue weighted by atomic mass is 10.0. The maximum atomic E-state index is 13.6. The molecule has 7 nitrogen and oxygen atoms in total. The van der Waals surface area contributed by atoms with Crippen LogP contribution in [0.15, 0.2) is 77.7 Å². The first-order valence-corrected chi connectivity index (χ1v) is 11.7. The summed E-state index contributed by atoms with van der Waals surface area (Å²) in [6.45, 7) is -0.0549. The minimum absolute atomic E-state index is 0.00724. The average Bonchev–Trinajstić information content (AvgIpc) is 2.83. The fourth-order valence-electron chi connectivity index (χ4n) is 3.57. The van der Waals surface area contributed by atoms with Crippen LogP contribution in [0.3, 0.4) is 0 Å². The van der Waals surface area contributed by atoms with Crippen molar-refractivity contribution in [3.05, 3.63) is 95.3 Å². The molecule has 0 atom stereocenters. The summed E-state index contributed by atoms with van der Waals surface area (Å²) >= 11 is 0. The van der Waals surface area contributed by atoms with Gasteiger partial charge in [-0.25, -0.2) is 17.6 Å². The van der Waals surface area contributed by atoms with Crippen LogP contribution in [0.2, 0.25) is 0 Å². The molecule has 0 saturated carbocycles. The number of benzene rings is 3. The van der Waals surface area contributed by atoms with Crippen molar-refractivity contribution in [2.45, 2.75) is 17.9 Å². The number of anilines is 1. The SMILES string of the molecule is O=C(COC(=O)c1cccc(S(=O)(=O)N2CCc3ccccc3C2)c1)Nc1ccccc1F. The second kappa shape index (κ2) is 9.51. The second-order valence-corrected chi connectivity index (χ2v) is 9.43. The Labute approximate surface area is 190 Å². The molecule has 0 saturated heterocycles. The van der Waals surface area contributed by atoms with E-state index < -0.39 is 34.3 Å². The van der Waals surface area contributed by atoms with E-state index in [1.54, 1.807) is 6.07 Å². The molecule has 1 aliphatic heterocycles. The van der Waals surface area contributed by atoms with Crippen LogP contribution < -0.4 is 5.32 Å². The van der Waals surface area contributed by atoms with Gasteiger partial charge in [0.15, 0.2) is 6.61 Å². The molecule has 0 unspecified atom stereocenters. The Hall–Kier alpha value is -3.56. The highest BCUT2D eigenvalue weighted by molar-refractivity contribution is 7.89. The van der Waals surface area contributed by atoms with Gasteiger partial charge in [0.2, 0.25) is 10.0 Å². The summed E-state index contributed by atoms with van der Waals surface area (Å²) in [5.41, 5.74) is 2.03. The van der Waals surface area contributed by atoms with E-state index in [4.69, 9.17) is 4.74 Å². The van der Waals surface area contributed by atoms with E-state index in [-0.39, 0.29) is 22.7 Å². The Morgan fingerprint density at radius 1 is 0.970 bits per heavy atom. The molecule has 1 aliphatic rings. The zero-order valence-corrected chi connectivity index (χ0v) is 18.3. The zero-order chi connectivity index (χ0) is 23.4. The molecule has 170 valence electrons. The Kier molecular flexibility index (Phi) is 6.52. The number of carbonyl (C=O) groups is 2. The first kappa shape index (κ1) is 22.6. The average molecular weight is 469 g/mol. The molecule has 0 spiro atoms. The Morgan fingerprint density at radius 2 is 1.70 bits per heavy atom. The molecule has 1 N–H and O–H groups in total. The van der Waals surface area contributed by atoms with Crippen molar-refractivity contribution >= 4 is 27.6 Å². The van der Waals surface area contributed by atoms with Crippen molar-refractivity contribution in [3.8, 4) is 0 Å². The summed E-state index contributed by atoms with van der Waals surface area (Å²) in [4.78, 5) is 24.3. The van der Waals surface area contributed by atoms with Gasteiger partial charge in [-0.15, -0.1) is 0 Å². The van der Waals surface area contributed by atoms with E-state index in [1.165, 1.54) is 46.8 Å². The molecule has 9 heteroatoms. The molecule has 0 bridgehead atoms. The summed E-state index contributed by atoms with van der Waals surface area (Å²) in [5.74, 6) is -2.20. The highest BCUT2D eigenvalue weighted by Gasteiger charge is 2.28. The van der Waals surface area contributed by atoms with Crippen LogP contribution in [0.25, 0.3) is 0 Å². The number of ether oxygens (including phenoxy) is 1. The third-order valence-electron chi connectivity index (χ3n) is 5.29. The molecule has 3 aromatic carbocycles. The second-order valence-electron chi connectivity index (χ2n) is 7.49. The van der Waals surface area contributed by atoms with E-state index in [0.717, 1.165) is 11.1 Å². The van der Waals surface area contributed by atoms with Crippen molar-refractivity contribution in [2.75, 3.05) is 18.5 Å². The molecule has 3 aromatic rings. The Morgan fingerprint density at radius 3 is 2.48 bits per heavy atom. The summed E-state index contributed by atoms with van der Waals surface area (Å²) in [5, 5.41) is 2.31. The van der Waals surface area contributed by atoms with Gasteiger partial charge in [0.05, 0.1) is 16.1 Å². The molecule has 0 fully saturated rings. The van der Waals surface area contributed by atoms with Crippen molar-refractivity contribution in [1.29, 1.82) is 0 Å². The van der Waals surface area contributed by atoms with E-state index in [2.05, 4.69) is 5.32 Å². The van der Waals surface area contributed by atoms with Crippen LogP contribution in [0, 0.1) is 5.82 Å². The smallest absolute Gasteiger partial charge is 0.338 e. The van der Waals surface area contributed by atoms with Crippen molar-refractivity contribution in [3.63, 3.8) is 0 Å². The van der Waals surface area contributed by atoms with E-state index in [1.807, 2.05) is 24.3 Å². The molecular weight excluding hydrogens is 447 g/mol. The van der Waals surface area contributed by atoms with E-state index in [0.29, 0.717) is 13.0 Å². The van der Waals surface area contributed by atoms with Crippen LogP contribution >= 0.6 is 0 Å². The lowest BCUT2D eigenvalue weighted by molar-refractivity contribution is -0.119. The first-order valence-electron chi connectivity index (χ1n) is 10.2. The van der Waals surface area contributed by atoms with Gasteiger partial charge in [-0.1, -0.05) is 42.5 Å². The summed E-state index contributed by atoms with van der Waals surface area (Å²) in [7, 11) is -3.83. The number of nitrogens with one attached hydrogen (secondary N) is 1. The quantitative estimate of drug-likeness (QED) is 0.560. The van der Waals surface area contributed by atoms with Crippen LogP contribution in [0.4, 0.5) is 10.1 Å². The maximum absolute atomic E-state index is 13.6. The number of halogens is 1. The van der Waals surface area contributed by atoms with Crippen molar-refractivity contribution in [1.82, 2.24) is 4.31 Å². The lowest BCUT2D eigenvalue weighted by Gasteiger charge is -2.28. The first-order chi connectivity index (χ1) is 15.8. The Bertz CT molecular complexity index is 1310. The van der Waals surface area contributed by atoms with Crippen LogP contribution in [-0.2, 0) is 32.5 Å². The highest BCUT2D eigenvalue weighted by atomic mass is 32.2. The maximum Gasteiger partial charge on any atom is 0.338 e. The number of para-hydroxylation sites is 1. The monoisotopic (exact) mass is 468 g/mol. The zero-order valence-electron chi connectivity index (χ0n) is 17.5. The topological polar surface area (TPSA) is 92.8 Å². The third kappa shape index (κ3) is 5.10. The van der Waals surface area contributed by atoms with Crippen LogP contribution in [0.5, 0.6) is 0 Å². The fourth-order valence-corrected chi connectivity index (χ4v) is 5.04. The number of amides is 1. The van der Waals surface area contributed by atoms with Gasteiger partial charge < -0.3 is 10.1 Å². The number of hydrogen-bond donors (Lipinski definition) is 1. The van der Waals surface area contributed by atoms with Gasteiger partial charge in [0, 0.05) is 13.1 Å². The summed E-state index contributed by atoms with van der Waals surface area (Å²) in [6, 6.07) is 18.8. The van der Waals surface area contributed by atoms with Gasteiger partial charge in [-0.2, -0.15) is 4.31 Å². The molecule has 0 radical (unpaired) electrons. The minimum atomic E-state index is -3.83. The normalized spacial score (nSPS) is 13.7. The highest BCUT2D eigenvalue weighted by Crippen LogP contribution is 2.25. The van der Waals surface area contributed by atoms with Crippen molar-refractivity contribution < 1.29 is 27.1 Å². The number of rotatable bonds is 6. The molecular formula is C24H21FN2O5S. The van der Waals surface area contributed by atoms with E-state index >= 15 is 0 Å². The van der Waals surface area contributed by atoms with Gasteiger partial charge >= 0.3 is 5.97 Å². The molecule has 0 aliphatic carbocycles. The number of sulfonamides is 1. The van der Waals surface area contributed by atoms with Crippen LogP contribution in [0.1, 0.15) is 21.5 Å². The third-order valence-corrected chi connectivity index (χ3v) is 7.13. The van der Waals surface area contributed by atoms with Gasteiger partial charge in [0.1, 0.15) is 5.82 Å². The van der Waals surface area contributed by atoms with Gasteiger partial charge in [-0.3, -0.25) is 4.79 Å². The number of carbonyl (C=O) groups excluding carboxylic acids is 2. The minimum Gasteiger partial charge on any atom is -0.452 e. The van der Waals surface area contributed by atoms with Gasteiger partial charge in [-0.05, 0) is 47.9 Å². The summed E-state index contributed by atoms with van der Waals surface area (Å²) in [6.07, 6.45) is 0.605. The number of fused-ring (bicyclic) bond motifs is 1. The van der Waals surface area contributed by atoms with Crippen molar-refractivity contribution in [2.24, 2.45) is 0 Å². The predicted molar refractivity (Wildman–Crippen MR) is 119 cm³/mol. The molecule has 0 aromatic heterocycles. The van der Waals surface area contributed by atoms with Gasteiger partial charge in [0.25, 0.3) is 5.91 Å². The summed E-state index contributed by atoms with van der Waals surface area (Å²) < 4.78 is 46.3. The van der Waals surface area contributed by atoms with Crippen LogP contribution in [-0.4, -0.2) is 37.8 Å². The molecule has 1 amide bonds. The predicted octanol–water partition coefficient (Wildman–Crippen LogP) is 3.37. The lowest BCUT2D eigenvalue weighted by Crippen LogP contribution is -2.36. The largest absolute Gasteiger partial charge is 0.452 e. The fraction of sp³-hybridized carbons (Fsp3) is 0.167.